The summed E-state index contributed by atoms with van der Waals surface area (Å²) < 4.78 is 12.0. The van der Waals surface area contributed by atoms with Crippen LogP contribution in [0.1, 0.15) is 82.1 Å². The maximum absolute atomic E-state index is 12.4. The van der Waals surface area contributed by atoms with Gasteiger partial charge in [-0.05, 0) is 47.6 Å². The summed E-state index contributed by atoms with van der Waals surface area (Å²) in [5, 5.41) is 0.0560. The maximum Gasteiger partial charge on any atom is 0.333 e. The summed E-state index contributed by atoms with van der Waals surface area (Å²) >= 11 is 0. The van der Waals surface area contributed by atoms with Gasteiger partial charge in [0, 0.05) is 17.4 Å². The van der Waals surface area contributed by atoms with E-state index in [1.165, 1.54) is 7.11 Å². The molecular formula is C29H54O3Si2. The first-order valence-electron chi connectivity index (χ1n) is 13.0. The van der Waals surface area contributed by atoms with Gasteiger partial charge in [-0.1, -0.05) is 81.9 Å². The van der Waals surface area contributed by atoms with Gasteiger partial charge in [0.25, 0.3) is 0 Å². The molecule has 0 N–H and O–H groups in total. The van der Waals surface area contributed by atoms with Crippen molar-refractivity contribution < 1.29 is 14.0 Å². The van der Waals surface area contributed by atoms with Crippen molar-refractivity contribution in [2.24, 2.45) is 11.8 Å². The van der Waals surface area contributed by atoms with Gasteiger partial charge in [0.1, 0.15) is 8.07 Å². The molecule has 34 heavy (non-hydrogen) atoms. The third-order valence-corrected chi connectivity index (χ3v) is 18.8. The summed E-state index contributed by atoms with van der Waals surface area (Å²) in [6, 6.07) is 0. The summed E-state index contributed by atoms with van der Waals surface area (Å²) in [7, 11) is -2.50. The molecule has 0 saturated carbocycles. The van der Waals surface area contributed by atoms with Gasteiger partial charge in [0.2, 0.25) is 0 Å². The molecule has 0 aliphatic rings. The molecular weight excluding hydrogens is 452 g/mol. The Kier molecular flexibility index (Phi) is 12.8. The van der Waals surface area contributed by atoms with Crippen LogP contribution in [0.3, 0.4) is 0 Å². The van der Waals surface area contributed by atoms with Crippen LogP contribution in [0.15, 0.2) is 24.8 Å². The second-order valence-electron chi connectivity index (χ2n) is 12.4. The number of methoxy groups -OCH3 is 1. The number of hydrogen-bond donors (Lipinski definition) is 0. The molecule has 5 heteroatoms. The number of esters is 1. The average Bonchev–Trinajstić information content (AvgIpc) is 2.68. The molecule has 0 aliphatic carbocycles. The van der Waals surface area contributed by atoms with Gasteiger partial charge < -0.3 is 9.16 Å². The van der Waals surface area contributed by atoms with E-state index in [2.05, 4.69) is 107 Å². The smallest absolute Gasteiger partial charge is 0.333 e. The van der Waals surface area contributed by atoms with Crippen LogP contribution in [0.5, 0.6) is 0 Å². The maximum atomic E-state index is 12.4. The Labute approximate surface area is 214 Å². The van der Waals surface area contributed by atoms with Crippen LogP contribution in [0.2, 0.25) is 34.8 Å². The largest absolute Gasteiger partial charge is 0.466 e. The molecule has 0 aromatic heterocycles. The third-order valence-electron chi connectivity index (χ3n) is 8.00. The normalized spacial score (nSPS) is 15.5. The fourth-order valence-electron chi connectivity index (χ4n) is 4.92. The van der Waals surface area contributed by atoms with E-state index in [0.29, 0.717) is 28.6 Å². The minimum Gasteiger partial charge on any atom is -0.466 e. The van der Waals surface area contributed by atoms with Crippen molar-refractivity contribution in [1.29, 1.82) is 0 Å². The summed E-state index contributed by atoms with van der Waals surface area (Å²) in [6.07, 6.45) is 3.07. The van der Waals surface area contributed by atoms with Crippen LogP contribution < -0.4 is 0 Å². The molecule has 3 nitrogen and oxygen atoms in total. The molecule has 3 atom stereocenters. The molecule has 0 radical (unpaired) electrons. The third kappa shape index (κ3) is 8.24. The minimum atomic E-state index is -2.10. The quantitative estimate of drug-likeness (QED) is 0.0874. The summed E-state index contributed by atoms with van der Waals surface area (Å²) in [4.78, 5) is 12.4. The molecule has 0 aromatic carbocycles. The fraction of sp³-hybridized carbons (Fsp3) is 0.759. The number of allylic oxidation sites excluding steroid dienone is 1. The summed E-state index contributed by atoms with van der Waals surface area (Å²) in [6.45, 7) is 35.5. The van der Waals surface area contributed by atoms with Crippen molar-refractivity contribution in [2.75, 3.05) is 7.11 Å². The lowest BCUT2D eigenvalue weighted by Crippen LogP contribution is -2.47. The number of rotatable bonds is 12. The Morgan fingerprint density at radius 3 is 1.82 bits per heavy atom. The molecule has 0 rings (SSSR count). The average molecular weight is 507 g/mol. The standard InChI is InChI=1S/C29H54O3Si2/c1-16-17-26(25(9)28(30)31-13)27(32-33(14,15)29(10,11)12)20-24(8)18-19-34(21(2)3,22(4)5)23(6)7/h16,21-24,26-27H,1,9,17,20H2,2-8,10-15H3/t24-,26-,27-/m1/s1. The van der Waals surface area contributed by atoms with Crippen LogP contribution in [-0.2, 0) is 14.0 Å². The van der Waals surface area contributed by atoms with Crippen LogP contribution in [-0.4, -0.2) is 35.6 Å². The fourth-order valence-corrected chi connectivity index (χ4v) is 11.7. The predicted molar refractivity (Wildman–Crippen MR) is 154 cm³/mol. The number of ether oxygens (including phenoxy) is 1. The number of carbonyl (C=O) groups is 1. The first-order valence-corrected chi connectivity index (χ1v) is 18.1. The van der Waals surface area contributed by atoms with E-state index in [-0.39, 0.29) is 28.9 Å². The number of carbonyl (C=O) groups excluding carboxylic acids is 1. The van der Waals surface area contributed by atoms with Crippen molar-refractivity contribution in [2.45, 2.75) is 123 Å². The topological polar surface area (TPSA) is 35.5 Å². The van der Waals surface area contributed by atoms with Crippen LogP contribution in [0.25, 0.3) is 0 Å². The molecule has 196 valence electrons. The van der Waals surface area contributed by atoms with Gasteiger partial charge in [0.05, 0.1) is 13.2 Å². The Bertz CT molecular complexity index is 726. The second-order valence-corrected chi connectivity index (χ2v) is 22.7. The van der Waals surface area contributed by atoms with Gasteiger partial charge in [-0.25, -0.2) is 4.79 Å². The van der Waals surface area contributed by atoms with E-state index in [0.717, 1.165) is 6.42 Å². The van der Waals surface area contributed by atoms with Gasteiger partial charge in [-0.15, -0.1) is 18.0 Å². The van der Waals surface area contributed by atoms with Crippen molar-refractivity contribution in [1.82, 2.24) is 0 Å². The molecule has 0 amide bonds. The van der Waals surface area contributed by atoms with E-state index in [9.17, 15) is 4.79 Å². The molecule has 0 bridgehead atoms. The van der Waals surface area contributed by atoms with Gasteiger partial charge >= 0.3 is 5.97 Å². The van der Waals surface area contributed by atoms with E-state index >= 15 is 0 Å². The molecule has 0 spiro atoms. The molecule has 0 aromatic rings. The zero-order chi connectivity index (χ0) is 27.1. The summed E-state index contributed by atoms with van der Waals surface area (Å²) in [5.74, 6) is 3.28. The number of hydrogen-bond acceptors (Lipinski definition) is 3. The Morgan fingerprint density at radius 1 is 1.00 bits per heavy atom. The summed E-state index contributed by atoms with van der Waals surface area (Å²) in [5.41, 5.74) is 6.12. The monoisotopic (exact) mass is 506 g/mol. The Morgan fingerprint density at radius 2 is 1.47 bits per heavy atom. The lowest BCUT2D eigenvalue weighted by atomic mass is 9.86. The Balaban J connectivity index is 6.35. The highest BCUT2D eigenvalue weighted by Crippen LogP contribution is 2.42. The van der Waals surface area contributed by atoms with Crippen molar-refractivity contribution in [3.05, 3.63) is 24.8 Å². The highest BCUT2D eigenvalue weighted by molar-refractivity contribution is 6.90. The van der Waals surface area contributed by atoms with Crippen LogP contribution >= 0.6 is 0 Å². The van der Waals surface area contributed by atoms with Gasteiger partial charge in [0.15, 0.2) is 8.32 Å². The van der Waals surface area contributed by atoms with Gasteiger partial charge in [-0.2, -0.15) is 0 Å². The van der Waals surface area contributed by atoms with Crippen LogP contribution in [0, 0.1) is 23.3 Å². The Hall–Kier alpha value is -1.10. The molecule has 0 heterocycles. The van der Waals surface area contributed by atoms with E-state index < -0.39 is 16.4 Å². The molecule has 0 saturated heterocycles. The van der Waals surface area contributed by atoms with E-state index in [1.54, 1.807) is 0 Å². The van der Waals surface area contributed by atoms with E-state index in [4.69, 9.17) is 9.16 Å². The van der Waals surface area contributed by atoms with Crippen molar-refractivity contribution >= 4 is 22.4 Å². The van der Waals surface area contributed by atoms with Gasteiger partial charge in [-0.3, -0.25) is 0 Å². The van der Waals surface area contributed by atoms with Crippen LogP contribution in [0.4, 0.5) is 0 Å². The van der Waals surface area contributed by atoms with Crippen molar-refractivity contribution in [3.63, 3.8) is 0 Å². The molecule has 0 fully saturated rings. The zero-order valence-electron chi connectivity index (χ0n) is 24.6. The van der Waals surface area contributed by atoms with E-state index in [1.807, 2.05) is 6.08 Å². The predicted octanol–water partition coefficient (Wildman–Crippen LogP) is 8.55. The lowest BCUT2D eigenvalue weighted by molar-refractivity contribution is -0.137. The molecule has 0 unspecified atom stereocenters. The zero-order valence-corrected chi connectivity index (χ0v) is 26.6. The highest BCUT2D eigenvalue weighted by atomic mass is 28.4. The first kappa shape index (κ1) is 32.9. The highest BCUT2D eigenvalue weighted by Gasteiger charge is 2.43. The second kappa shape index (κ2) is 13.3. The minimum absolute atomic E-state index is 0.0560. The first-order chi connectivity index (χ1) is 15.4. The SMILES string of the molecule is C=CC[C@H](C(=C)C(=O)OC)[C@@H](C[C@H](C)C#C[Si](C(C)C)(C(C)C)C(C)C)O[Si](C)(C)C(C)(C)C. The van der Waals surface area contributed by atoms with Crippen molar-refractivity contribution in [3.8, 4) is 11.5 Å². The lowest BCUT2D eigenvalue weighted by Gasteiger charge is -2.42. The molecule has 0 aliphatic heterocycles.